The van der Waals surface area contributed by atoms with E-state index in [-0.39, 0.29) is 18.9 Å². The maximum absolute atomic E-state index is 12.0. The van der Waals surface area contributed by atoms with E-state index in [4.69, 9.17) is 0 Å². The van der Waals surface area contributed by atoms with Crippen LogP contribution in [0.2, 0.25) is 0 Å². The highest BCUT2D eigenvalue weighted by Crippen LogP contribution is 2.08. The highest BCUT2D eigenvalue weighted by atomic mass is 16.2. The zero-order valence-corrected chi connectivity index (χ0v) is 15.3. The number of nitrogens with one attached hydrogen (secondary N) is 3. The van der Waals surface area contributed by atoms with Crippen LogP contribution in [0.25, 0.3) is 0 Å². The van der Waals surface area contributed by atoms with E-state index >= 15 is 0 Å². The van der Waals surface area contributed by atoms with E-state index in [9.17, 15) is 14.4 Å². The van der Waals surface area contributed by atoms with Crippen molar-refractivity contribution < 1.29 is 14.4 Å². The molecule has 0 radical (unpaired) electrons. The molecule has 0 heterocycles. The number of aryl methyl sites for hydroxylation is 1. The molecule has 0 bridgehead atoms. The van der Waals surface area contributed by atoms with Crippen LogP contribution < -0.4 is 16.1 Å². The third-order valence-corrected chi connectivity index (χ3v) is 3.60. The third kappa shape index (κ3) is 7.11. The Labute approximate surface area is 157 Å². The van der Waals surface area contributed by atoms with Crippen LogP contribution in [0.3, 0.4) is 0 Å². The standard InChI is InChI=1S/C20H22N4O3/c1-14-8-10-17(11-9-14)22-18(25)12-15(2)23-24-20(27)19(26)21-13-16-6-4-3-5-7-16/h3-11H,12-13H2,1-2H3,(H,21,26)(H,22,25)(H,24,27)/b23-15-. The van der Waals surface area contributed by atoms with Gasteiger partial charge in [0.15, 0.2) is 0 Å². The minimum atomic E-state index is -0.885. The SMILES string of the molecule is C/C(CC(=O)Nc1ccc(C)cc1)=N/NC(=O)C(=O)NCc1ccccc1. The summed E-state index contributed by atoms with van der Waals surface area (Å²) in [6, 6.07) is 16.6. The van der Waals surface area contributed by atoms with Gasteiger partial charge < -0.3 is 10.6 Å². The largest absolute Gasteiger partial charge is 0.344 e. The van der Waals surface area contributed by atoms with Crippen molar-refractivity contribution in [1.82, 2.24) is 10.7 Å². The van der Waals surface area contributed by atoms with Gasteiger partial charge >= 0.3 is 11.8 Å². The van der Waals surface area contributed by atoms with Gasteiger partial charge in [0.25, 0.3) is 0 Å². The number of hydrogen-bond acceptors (Lipinski definition) is 4. The summed E-state index contributed by atoms with van der Waals surface area (Å²) in [7, 11) is 0. The molecule has 0 saturated heterocycles. The summed E-state index contributed by atoms with van der Waals surface area (Å²) in [5.74, 6) is -1.94. The summed E-state index contributed by atoms with van der Waals surface area (Å²) in [4.78, 5) is 35.5. The van der Waals surface area contributed by atoms with Gasteiger partial charge in [0.1, 0.15) is 0 Å². The average molecular weight is 366 g/mol. The van der Waals surface area contributed by atoms with Crippen molar-refractivity contribution in [2.75, 3.05) is 5.32 Å². The van der Waals surface area contributed by atoms with Crippen molar-refractivity contribution in [3.05, 3.63) is 65.7 Å². The molecule has 7 heteroatoms. The minimum absolute atomic E-state index is 0.000208. The van der Waals surface area contributed by atoms with Crippen LogP contribution in [-0.4, -0.2) is 23.4 Å². The molecule has 0 fully saturated rings. The van der Waals surface area contributed by atoms with E-state index < -0.39 is 11.8 Å². The zero-order valence-electron chi connectivity index (χ0n) is 15.3. The van der Waals surface area contributed by atoms with Gasteiger partial charge in [-0.1, -0.05) is 48.0 Å². The number of carbonyl (C=O) groups is 3. The molecule has 7 nitrogen and oxygen atoms in total. The normalized spacial score (nSPS) is 10.8. The van der Waals surface area contributed by atoms with Gasteiger partial charge in [-0.25, -0.2) is 5.43 Å². The predicted molar refractivity (Wildman–Crippen MR) is 104 cm³/mol. The van der Waals surface area contributed by atoms with Crippen LogP contribution in [0, 0.1) is 6.92 Å². The molecule has 0 aromatic heterocycles. The molecule has 0 spiro atoms. The second-order valence-corrected chi connectivity index (χ2v) is 6.05. The Balaban J connectivity index is 1.76. The Morgan fingerprint density at radius 1 is 0.926 bits per heavy atom. The number of hydrogen-bond donors (Lipinski definition) is 3. The van der Waals surface area contributed by atoms with Crippen LogP contribution >= 0.6 is 0 Å². The number of nitrogens with zero attached hydrogens (tertiary/aromatic N) is 1. The molecule has 27 heavy (non-hydrogen) atoms. The summed E-state index contributed by atoms with van der Waals surface area (Å²) in [6.45, 7) is 3.80. The van der Waals surface area contributed by atoms with Crippen molar-refractivity contribution in [3.8, 4) is 0 Å². The fourth-order valence-electron chi connectivity index (χ4n) is 2.17. The van der Waals surface area contributed by atoms with E-state index in [1.165, 1.54) is 0 Å². The molecule has 0 aliphatic heterocycles. The average Bonchev–Trinajstić information content (AvgIpc) is 2.66. The monoisotopic (exact) mass is 366 g/mol. The van der Waals surface area contributed by atoms with Crippen molar-refractivity contribution in [2.45, 2.75) is 26.8 Å². The smallest absolute Gasteiger partial charge is 0.329 e. The Hall–Kier alpha value is -3.48. The molecule has 0 saturated carbocycles. The van der Waals surface area contributed by atoms with Gasteiger partial charge in [0, 0.05) is 17.9 Å². The maximum atomic E-state index is 12.0. The molecule has 0 unspecified atom stereocenters. The first-order valence-electron chi connectivity index (χ1n) is 8.46. The number of carbonyl (C=O) groups excluding carboxylic acids is 3. The first-order valence-corrected chi connectivity index (χ1v) is 8.46. The Bertz CT molecular complexity index is 830. The topological polar surface area (TPSA) is 99.7 Å². The van der Waals surface area contributed by atoms with Gasteiger partial charge in [0.05, 0.1) is 6.42 Å². The van der Waals surface area contributed by atoms with Gasteiger partial charge in [-0.3, -0.25) is 14.4 Å². The fraction of sp³-hybridized carbons (Fsp3) is 0.200. The minimum Gasteiger partial charge on any atom is -0.344 e. The lowest BCUT2D eigenvalue weighted by Crippen LogP contribution is -2.37. The molecule has 0 aliphatic rings. The van der Waals surface area contributed by atoms with E-state index in [0.717, 1.165) is 11.1 Å². The lowest BCUT2D eigenvalue weighted by Gasteiger charge is -2.06. The quantitative estimate of drug-likeness (QED) is 0.415. The highest BCUT2D eigenvalue weighted by molar-refractivity contribution is 6.35. The molecule has 3 N–H and O–H groups in total. The summed E-state index contributed by atoms with van der Waals surface area (Å²) < 4.78 is 0. The Kier molecular flexibility index (Phi) is 7.25. The van der Waals surface area contributed by atoms with Crippen molar-refractivity contribution in [2.24, 2.45) is 5.10 Å². The van der Waals surface area contributed by atoms with Gasteiger partial charge in [-0.15, -0.1) is 0 Å². The second-order valence-electron chi connectivity index (χ2n) is 6.05. The first kappa shape index (κ1) is 19.8. The van der Waals surface area contributed by atoms with Crippen LogP contribution in [0.5, 0.6) is 0 Å². The molecule has 2 aromatic carbocycles. The molecule has 2 aromatic rings. The zero-order chi connectivity index (χ0) is 19.6. The van der Waals surface area contributed by atoms with Crippen LogP contribution in [0.15, 0.2) is 59.7 Å². The van der Waals surface area contributed by atoms with E-state index in [1.807, 2.05) is 49.4 Å². The molecule has 140 valence electrons. The predicted octanol–water partition coefficient (Wildman–Crippen LogP) is 2.13. The third-order valence-electron chi connectivity index (χ3n) is 3.60. The van der Waals surface area contributed by atoms with Crippen molar-refractivity contribution in [1.29, 1.82) is 0 Å². The number of amides is 3. The fourth-order valence-corrected chi connectivity index (χ4v) is 2.17. The van der Waals surface area contributed by atoms with Gasteiger partial charge in [-0.05, 0) is 31.5 Å². The maximum Gasteiger partial charge on any atom is 0.329 e. The molecule has 2 rings (SSSR count). The van der Waals surface area contributed by atoms with Crippen LogP contribution in [0.1, 0.15) is 24.5 Å². The van der Waals surface area contributed by atoms with Crippen molar-refractivity contribution in [3.63, 3.8) is 0 Å². The molecule has 3 amide bonds. The van der Waals surface area contributed by atoms with Gasteiger partial charge in [0.2, 0.25) is 5.91 Å². The Morgan fingerprint density at radius 2 is 1.59 bits per heavy atom. The summed E-state index contributed by atoms with van der Waals surface area (Å²) in [5, 5.41) is 9.03. The van der Waals surface area contributed by atoms with Crippen LogP contribution in [0.4, 0.5) is 5.69 Å². The lowest BCUT2D eigenvalue weighted by molar-refractivity contribution is -0.139. The van der Waals surface area contributed by atoms with E-state index in [0.29, 0.717) is 11.4 Å². The van der Waals surface area contributed by atoms with Crippen LogP contribution in [-0.2, 0) is 20.9 Å². The number of hydrazone groups is 1. The molecule has 0 atom stereocenters. The van der Waals surface area contributed by atoms with Gasteiger partial charge in [-0.2, -0.15) is 5.10 Å². The summed E-state index contributed by atoms with van der Waals surface area (Å²) in [6.07, 6.45) is -0.000208. The number of rotatable bonds is 6. The summed E-state index contributed by atoms with van der Waals surface area (Å²) >= 11 is 0. The lowest BCUT2D eigenvalue weighted by atomic mass is 10.2. The Morgan fingerprint density at radius 3 is 2.26 bits per heavy atom. The molecular weight excluding hydrogens is 344 g/mol. The molecular formula is C20H22N4O3. The first-order chi connectivity index (χ1) is 12.9. The van der Waals surface area contributed by atoms with E-state index in [1.54, 1.807) is 19.1 Å². The van der Waals surface area contributed by atoms with E-state index in [2.05, 4.69) is 21.2 Å². The van der Waals surface area contributed by atoms with Crippen molar-refractivity contribution >= 4 is 29.1 Å². The number of benzene rings is 2. The summed E-state index contributed by atoms with van der Waals surface area (Å²) in [5.41, 5.74) is 5.19. The molecule has 0 aliphatic carbocycles. The highest BCUT2D eigenvalue weighted by Gasteiger charge is 2.12. The number of anilines is 1. The second kappa shape index (κ2) is 9.86.